The van der Waals surface area contributed by atoms with Crippen molar-refractivity contribution in [1.29, 1.82) is 0 Å². The lowest BCUT2D eigenvalue weighted by Gasteiger charge is -2.36. The van der Waals surface area contributed by atoms with Crippen LogP contribution in [0.2, 0.25) is 5.02 Å². The molecule has 6 N–H and O–H groups in total. The Morgan fingerprint density at radius 1 is 1.15 bits per heavy atom. The summed E-state index contributed by atoms with van der Waals surface area (Å²) >= 11 is 6.34. The lowest BCUT2D eigenvalue weighted by Crippen LogP contribution is -2.43. The van der Waals surface area contributed by atoms with Crippen molar-refractivity contribution in [1.82, 2.24) is 14.9 Å². The summed E-state index contributed by atoms with van der Waals surface area (Å²) in [4.78, 5) is 15.3. The maximum absolute atomic E-state index is 13.6. The first-order chi connectivity index (χ1) is 19.9. The minimum absolute atomic E-state index is 0.342. The Labute approximate surface area is 243 Å². The molecule has 0 spiro atoms. The van der Waals surface area contributed by atoms with Gasteiger partial charge < -0.3 is 31.5 Å². The van der Waals surface area contributed by atoms with Gasteiger partial charge in [-0.2, -0.15) is 0 Å². The van der Waals surface area contributed by atoms with Crippen molar-refractivity contribution in [2.24, 2.45) is 5.73 Å². The van der Waals surface area contributed by atoms with Crippen LogP contribution in [0, 0.1) is 6.92 Å². The molecule has 1 aliphatic heterocycles. The second kappa shape index (κ2) is 12.4. The number of carbonyl (C=O) groups excluding carboxylic acids is 1. The van der Waals surface area contributed by atoms with Gasteiger partial charge in [0.1, 0.15) is 17.5 Å². The zero-order chi connectivity index (χ0) is 28.9. The van der Waals surface area contributed by atoms with E-state index in [4.69, 9.17) is 32.7 Å². The first-order valence-electron chi connectivity index (χ1n) is 13.5. The molecule has 0 radical (unpaired) electrons. The summed E-state index contributed by atoms with van der Waals surface area (Å²) in [5.41, 5.74) is 9.93. The second-order valence-electron chi connectivity index (χ2n) is 10.0. The number of amides is 1. The lowest BCUT2D eigenvalue weighted by atomic mass is 9.92. The van der Waals surface area contributed by atoms with Crippen LogP contribution in [-0.2, 0) is 6.42 Å². The van der Waals surface area contributed by atoms with E-state index in [1.54, 1.807) is 27.9 Å². The van der Waals surface area contributed by atoms with E-state index in [1.165, 1.54) is 6.20 Å². The fourth-order valence-electron chi connectivity index (χ4n) is 5.18. The molecule has 2 unspecified atom stereocenters. The molecule has 0 saturated carbocycles. The summed E-state index contributed by atoms with van der Waals surface area (Å²) in [6.45, 7) is 3.15. The zero-order valence-corrected chi connectivity index (χ0v) is 23.6. The third-order valence-corrected chi connectivity index (χ3v) is 7.46. The molecule has 41 heavy (non-hydrogen) atoms. The Bertz CT molecular complexity index is 1540. The molecular weight excluding hydrogens is 542 g/mol. The first-order valence-corrected chi connectivity index (χ1v) is 13.9. The summed E-state index contributed by atoms with van der Waals surface area (Å²) in [6, 6.07) is 20.1. The monoisotopic (exact) mass is 575 g/mol. The molecule has 214 valence electrons. The number of hydrogen-bond acceptors (Lipinski definition) is 7. The molecule has 1 aromatic heterocycles. The van der Waals surface area contributed by atoms with Crippen molar-refractivity contribution in [3.05, 3.63) is 107 Å². The number of hydrogen-bond donors (Lipinski definition) is 4. The molecule has 3 aromatic carbocycles. The summed E-state index contributed by atoms with van der Waals surface area (Å²) in [5, 5.41) is 14.6. The molecule has 0 aliphatic carbocycles. The molecule has 0 saturated heterocycles. The predicted octanol–water partition coefficient (Wildman–Crippen LogP) is 4.61. The highest BCUT2D eigenvalue weighted by atomic mass is 35.5. The number of aliphatic hydroxyl groups excluding tert-OH is 1. The molecule has 1 amide bonds. The molecular formula is C31H34ClN5O4. The average molecular weight is 576 g/mol. The number of ether oxygens (including phenoxy) is 2. The van der Waals surface area contributed by atoms with Crippen molar-refractivity contribution < 1.29 is 19.4 Å². The molecule has 9 nitrogen and oxygen atoms in total. The zero-order valence-electron chi connectivity index (χ0n) is 22.8. The van der Waals surface area contributed by atoms with Gasteiger partial charge in [0.2, 0.25) is 0 Å². The van der Waals surface area contributed by atoms with Crippen LogP contribution in [0.25, 0.3) is 10.9 Å². The number of halogens is 1. The highest BCUT2D eigenvalue weighted by Gasteiger charge is 2.37. The normalized spacial score (nSPS) is 15.6. The summed E-state index contributed by atoms with van der Waals surface area (Å²) in [5.74, 6) is 7.80. The predicted molar refractivity (Wildman–Crippen MR) is 160 cm³/mol. The van der Waals surface area contributed by atoms with Crippen molar-refractivity contribution >= 4 is 28.6 Å². The fraction of sp³-hybridized carbons (Fsp3) is 0.258. The van der Waals surface area contributed by atoms with E-state index in [-0.39, 0.29) is 0 Å². The van der Waals surface area contributed by atoms with E-state index in [0.717, 1.165) is 33.3 Å². The van der Waals surface area contributed by atoms with E-state index in [9.17, 15) is 9.90 Å². The minimum atomic E-state index is -0.570. The number of nitrogens with zero attached hydrogens (tertiary/aromatic N) is 2. The van der Waals surface area contributed by atoms with Crippen LogP contribution in [0.1, 0.15) is 34.8 Å². The van der Waals surface area contributed by atoms with Crippen LogP contribution in [-0.4, -0.2) is 46.6 Å². The Morgan fingerprint density at radius 2 is 1.88 bits per heavy atom. The standard InChI is InChI=1S/C31H34ClN5O4/c1-20-2-7-25(8-3-20)41-31(39)36-16-12-26-27-18-22(32)6-11-28(27)37(34)30(26)29(36)21-4-9-24(10-5-21)40-17-13-23(38)19-35-15-14-33/h2-11,14-15,18,23,29,35,38H,12-13,16-17,19,33-34H2,1H3/b15-14-. The Hall–Kier alpha value is -4.34. The fourth-order valence-corrected chi connectivity index (χ4v) is 5.35. The van der Waals surface area contributed by atoms with E-state index in [0.29, 0.717) is 49.1 Å². The van der Waals surface area contributed by atoms with Gasteiger partial charge in [0.25, 0.3) is 0 Å². The number of rotatable bonds is 9. The maximum atomic E-state index is 13.6. The second-order valence-corrected chi connectivity index (χ2v) is 10.5. The number of nitrogens with one attached hydrogen (secondary N) is 1. The third-order valence-electron chi connectivity index (χ3n) is 7.23. The number of benzene rings is 3. The molecule has 0 fully saturated rings. The van der Waals surface area contributed by atoms with E-state index < -0.39 is 18.2 Å². The Balaban J connectivity index is 1.41. The minimum Gasteiger partial charge on any atom is -0.493 e. The Morgan fingerprint density at radius 3 is 2.61 bits per heavy atom. The van der Waals surface area contributed by atoms with E-state index >= 15 is 0 Å². The van der Waals surface area contributed by atoms with Gasteiger partial charge in [0.15, 0.2) is 0 Å². The number of fused-ring (bicyclic) bond motifs is 3. The molecule has 4 aromatic rings. The molecule has 10 heteroatoms. The smallest absolute Gasteiger partial charge is 0.416 e. The van der Waals surface area contributed by atoms with Crippen LogP contribution in [0.5, 0.6) is 11.5 Å². The number of nitrogens with two attached hydrogens (primary N) is 2. The van der Waals surface area contributed by atoms with Gasteiger partial charge in [-0.25, -0.2) is 4.79 Å². The number of aryl methyl sites for hydroxylation is 1. The third kappa shape index (κ3) is 6.21. The van der Waals surface area contributed by atoms with Gasteiger partial charge in [0.05, 0.1) is 23.9 Å². The van der Waals surface area contributed by atoms with Gasteiger partial charge >= 0.3 is 6.09 Å². The Kier molecular flexibility index (Phi) is 8.56. The number of aliphatic hydroxyl groups is 1. The topological polar surface area (TPSA) is 128 Å². The van der Waals surface area contributed by atoms with Crippen LogP contribution in [0.3, 0.4) is 0 Å². The maximum Gasteiger partial charge on any atom is 0.416 e. The summed E-state index contributed by atoms with van der Waals surface area (Å²) in [6.07, 6.45) is 2.99. The number of carbonyl (C=O) groups is 1. The van der Waals surface area contributed by atoms with Crippen LogP contribution in [0.4, 0.5) is 4.79 Å². The van der Waals surface area contributed by atoms with E-state index in [2.05, 4.69) is 5.32 Å². The molecule has 0 bridgehead atoms. The largest absolute Gasteiger partial charge is 0.493 e. The summed E-state index contributed by atoms with van der Waals surface area (Å²) < 4.78 is 13.3. The highest BCUT2D eigenvalue weighted by Crippen LogP contribution is 2.41. The first kappa shape index (κ1) is 28.2. The van der Waals surface area contributed by atoms with Crippen molar-refractivity contribution in [3.63, 3.8) is 0 Å². The number of nitrogen functional groups attached to an aromatic ring is 1. The van der Waals surface area contributed by atoms with Crippen molar-refractivity contribution in [2.45, 2.75) is 31.9 Å². The van der Waals surface area contributed by atoms with Gasteiger partial charge in [-0.15, -0.1) is 0 Å². The molecule has 1 aliphatic rings. The highest BCUT2D eigenvalue weighted by molar-refractivity contribution is 6.31. The average Bonchev–Trinajstić information content (AvgIpc) is 3.25. The van der Waals surface area contributed by atoms with Gasteiger partial charge in [-0.3, -0.25) is 9.58 Å². The van der Waals surface area contributed by atoms with Crippen LogP contribution < -0.4 is 26.4 Å². The summed E-state index contributed by atoms with van der Waals surface area (Å²) in [7, 11) is 0. The molecule has 5 rings (SSSR count). The quantitative estimate of drug-likeness (QED) is 0.215. The van der Waals surface area contributed by atoms with Crippen molar-refractivity contribution in [3.8, 4) is 11.5 Å². The molecule has 2 atom stereocenters. The number of aromatic nitrogens is 1. The van der Waals surface area contributed by atoms with Gasteiger partial charge in [-0.1, -0.05) is 41.4 Å². The van der Waals surface area contributed by atoms with Crippen LogP contribution >= 0.6 is 11.6 Å². The molecule has 2 heterocycles. The van der Waals surface area contributed by atoms with Crippen molar-refractivity contribution in [2.75, 3.05) is 25.5 Å². The SMILES string of the molecule is Cc1ccc(OC(=O)N2CCc3c(n(N)c4ccc(Cl)cc34)C2c2ccc(OCCC(O)CN/C=C\N)cc2)cc1. The van der Waals surface area contributed by atoms with Gasteiger partial charge in [-0.05, 0) is 66.9 Å². The van der Waals surface area contributed by atoms with Gasteiger partial charge in [0, 0.05) is 42.3 Å². The lowest BCUT2D eigenvalue weighted by molar-refractivity contribution is 0.134. The van der Waals surface area contributed by atoms with Crippen LogP contribution in [0.15, 0.2) is 79.1 Å². The van der Waals surface area contributed by atoms with E-state index in [1.807, 2.05) is 61.5 Å².